The van der Waals surface area contributed by atoms with Crippen molar-refractivity contribution in [1.82, 2.24) is 20.1 Å². The van der Waals surface area contributed by atoms with Gasteiger partial charge in [-0.1, -0.05) is 18.9 Å². The average Bonchev–Trinajstić information content (AvgIpc) is 3.18. The summed E-state index contributed by atoms with van der Waals surface area (Å²) >= 11 is 6.84. The second-order valence-electron chi connectivity index (χ2n) is 5.84. The first kappa shape index (κ1) is 16.4. The molecule has 2 aromatic heterocycles. The predicted molar refractivity (Wildman–Crippen MR) is 91.8 cm³/mol. The largest absolute Gasteiger partial charge is 0.391 e. The fraction of sp³-hybridized carbons (Fsp3) is 0.533. The highest BCUT2D eigenvalue weighted by molar-refractivity contribution is 7.71. The number of hydrogen-bond acceptors (Lipinski definition) is 5. The normalized spacial score (nSPS) is 22.7. The number of nitrogens with one attached hydrogen (secondary N) is 2. The minimum absolute atomic E-state index is 0.147. The summed E-state index contributed by atoms with van der Waals surface area (Å²) in [6, 6.07) is 3.21. The molecule has 23 heavy (non-hydrogen) atoms. The molecule has 8 heteroatoms. The smallest absolute Gasteiger partial charge is 0.243 e. The lowest BCUT2D eigenvalue weighted by atomic mass is 9.92. The van der Waals surface area contributed by atoms with E-state index in [-0.39, 0.29) is 11.9 Å². The van der Waals surface area contributed by atoms with Gasteiger partial charge in [0.05, 0.1) is 17.0 Å². The average molecular weight is 352 g/mol. The van der Waals surface area contributed by atoms with E-state index in [4.69, 9.17) is 12.2 Å². The van der Waals surface area contributed by atoms with Crippen molar-refractivity contribution in [1.29, 1.82) is 0 Å². The highest BCUT2D eigenvalue weighted by Crippen LogP contribution is 2.26. The van der Waals surface area contributed by atoms with Crippen LogP contribution < -0.4 is 5.32 Å². The third kappa shape index (κ3) is 3.39. The third-order valence-corrected chi connectivity index (χ3v) is 5.42. The highest BCUT2D eigenvalue weighted by atomic mass is 32.1. The van der Waals surface area contributed by atoms with E-state index in [1.807, 2.05) is 17.5 Å². The van der Waals surface area contributed by atoms with Crippen LogP contribution in [0, 0.1) is 4.77 Å². The Morgan fingerprint density at radius 3 is 3.04 bits per heavy atom. The second-order valence-corrected chi connectivity index (χ2v) is 7.18. The van der Waals surface area contributed by atoms with Crippen molar-refractivity contribution >= 4 is 29.5 Å². The maximum atomic E-state index is 12.6. The van der Waals surface area contributed by atoms with Crippen LogP contribution in [0.4, 0.5) is 0 Å². The van der Waals surface area contributed by atoms with Crippen molar-refractivity contribution in [2.45, 2.75) is 50.8 Å². The van der Waals surface area contributed by atoms with Gasteiger partial charge in [0.25, 0.3) is 0 Å². The Morgan fingerprint density at radius 1 is 1.57 bits per heavy atom. The number of aliphatic hydroxyl groups excluding tert-OH is 1. The molecule has 0 saturated heterocycles. The molecule has 1 saturated carbocycles. The van der Waals surface area contributed by atoms with Gasteiger partial charge >= 0.3 is 0 Å². The number of amides is 1. The summed E-state index contributed by atoms with van der Waals surface area (Å²) < 4.78 is 2.14. The first-order valence-corrected chi connectivity index (χ1v) is 9.06. The zero-order chi connectivity index (χ0) is 16.4. The number of rotatable bonds is 4. The summed E-state index contributed by atoms with van der Waals surface area (Å²) in [7, 11) is 0. The molecule has 1 aliphatic rings. The van der Waals surface area contributed by atoms with Gasteiger partial charge < -0.3 is 10.4 Å². The Hall–Kier alpha value is -1.51. The summed E-state index contributed by atoms with van der Waals surface area (Å²) in [6.07, 6.45) is 3.13. The van der Waals surface area contributed by atoms with Gasteiger partial charge in [-0.15, -0.1) is 11.3 Å². The zero-order valence-corrected chi connectivity index (χ0v) is 14.5. The summed E-state index contributed by atoms with van der Waals surface area (Å²) in [5, 5.41) is 22.0. The van der Waals surface area contributed by atoms with Gasteiger partial charge in [-0.2, -0.15) is 5.10 Å². The van der Waals surface area contributed by atoms with Crippen LogP contribution in [0.3, 0.4) is 0 Å². The van der Waals surface area contributed by atoms with Crippen molar-refractivity contribution in [2.75, 3.05) is 0 Å². The number of carbonyl (C=O) groups is 1. The molecule has 1 aliphatic carbocycles. The van der Waals surface area contributed by atoms with Crippen LogP contribution in [-0.2, 0) is 4.79 Å². The highest BCUT2D eigenvalue weighted by Gasteiger charge is 2.28. The zero-order valence-electron chi connectivity index (χ0n) is 12.9. The topological polar surface area (TPSA) is 82.9 Å². The summed E-state index contributed by atoms with van der Waals surface area (Å²) in [6.45, 7) is 1.80. The molecule has 6 nitrogen and oxygen atoms in total. The molecule has 3 rings (SSSR count). The number of nitrogens with zero attached hydrogens (tertiary/aromatic N) is 2. The maximum Gasteiger partial charge on any atom is 0.243 e. The fourth-order valence-electron chi connectivity index (χ4n) is 2.94. The minimum atomic E-state index is -0.493. The number of carbonyl (C=O) groups excluding carboxylic acids is 1. The first-order chi connectivity index (χ1) is 11.1. The van der Waals surface area contributed by atoms with Crippen molar-refractivity contribution in [3.8, 4) is 10.7 Å². The van der Waals surface area contributed by atoms with E-state index in [2.05, 4.69) is 15.5 Å². The van der Waals surface area contributed by atoms with Crippen LogP contribution in [0.5, 0.6) is 0 Å². The first-order valence-electron chi connectivity index (χ1n) is 7.77. The molecule has 2 heterocycles. The van der Waals surface area contributed by atoms with E-state index < -0.39 is 12.1 Å². The van der Waals surface area contributed by atoms with E-state index in [9.17, 15) is 9.90 Å². The van der Waals surface area contributed by atoms with Crippen LogP contribution in [0.15, 0.2) is 17.5 Å². The molecular weight excluding hydrogens is 332 g/mol. The maximum absolute atomic E-state index is 12.6. The number of thiophene rings is 1. The molecule has 0 aliphatic heterocycles. The Kier molecular flexibility index (Phi) is 4.93. The monoisotopic (exact) mass is 352 g/mol. The number of H-pyrrole nitrogens is 1. The standard InChI is InChI=1S/C15H20N4O2S2/c1-9(14(21)16-10-5-2-3-6-11(10)20)19-13(17-18-15(19)22)12-7-4-8-23-12/h4,7-11,20H,2-3,5-6H2,1H3,(H,16,21)(H,18,22). The lowest BCUT2D eigenvalue weighted by Crippen LogP contribution is -2.47. The Bertz CT molecular complexity index is 722. The molecule has 0 radical (unpaired) electrons. The number of aromatic nitrogens is 3. The molecular formula is C15H20N4O2S2. The van der Waals surface area contributed by atoms with E-state index >= 15 is 0 Å². The lowest BCUT2D eigenvalue weighted by Gasteiger charge is -2.29. The van der Waals surface area contributed by atoms with Gasteiger partial charge in [0.2, 0.25) is 5.91 Å². The van der Waals surface area contributed by atoms with Gasteiger partial charge in [-0.25, -0.2) is 0 Å². The molecule has 0 aromatic carbocycles. The molecule has 2 aromatic rings. The van der Waals surface area contributed by atoms with Crippen molar-refractivity contribution in [3.05, 3.63) is 22.3 Å². The summed E-state index contributed by atoms with van der Waals surface area (Å²) in [5.74, 6) is 0.517. The number of aromatic amines is 1. The van der Waals surface area contributed by atoms with Crippen LogP contribution in [0.1, 0.15) is 38.6 Å². The molecule has 1 amide bonds. The van der Waals surface area contributed by atoms with Gasteiger partial charge in [0.1, 0.15) is 6.04 Å². The van der Waals surface area contributed by atoms with Crippen molar-refractivity contribution < 1.29 is 9.90 Å². The van der Waals surface area contributed by atoms with Gasteiger partial charge in [0.15, 0.2) is 10.6 Å². The van der Waals surface area contributed by atoms with Crippen LogP contribution in [0.2, 0.25) is 0 Å². The number of hydrogen-bond donors (Lipinski definition) is 3. The van der Waals surface area contributed by atoms with Crippen LogP contribution in [-0.4, -0.2) is 37.9 Å². The lowest BCUT2D eigenvalue weighted by molar-refractivity contribution is -0.125. The quantitative estimate of drug-likeness (QED) is 0.739. The van der Waals surface area contributed by atoms with Crippen molar-refractivity contribution in [2.24, 2.45) is 0 Å². The molecule has 124 valence electrons. The third-order valence-electron chi connectivity index (χ3n) is 4.27. The van der Waals surface area contributed by atoms with Crippen LogP contribution >= 0.6 is 23.6 Å². The Balaban J connectivity index is 1.80. The van der Waals surface area contributed by atoms with Gasteiger partial charge in [0, 0.05) is 0 Å². The molecule has 3 N–H and O–H groups in total. The van der Waals surface area contributed by atoms with E-state index in [0.29, 0.717) is 10.6 Å². The van der Waals surface area contributed by atoms with Crippen LogP contribution in [0.25, 0.3) is 10.7 Å². The number of aliphatic hydroxyl groups is 1. The molecule has 3 unspecified atom stereocenters. The van der Waals surface area contributed by atoms with E-state index in [1.165, 1.54) is 0 Å². The summed E-state index contributed by atoms with van der Waals surface area (Å²) in [4.78, 5) is 13.6. The molecule has 0 spiro atoms. The predicted octanol–water partition coefficient (Wildman–Crippen LogP) is 2.65. The van der Waals surface area contributed by atoms with E-state index in [0.717, 1.165) is 30.6 Å². The molecule has 0 bridgehead atoms. The summed E-state index contributed by atoms with van der Waals surface area (Å²) in [5.41, 5.74) is 0. The second kappa shape index (κ2) is 6.94. The molecule has 1 fully saturated rings. The Morgan fingerprint density at radius 2 is 2.35 bits per heavy atom. The van der Waals surface area contributed by atoms with E-state index in [1.54, 1.807) is 22.8 Å². The minimum Gasteiger partial charge on any atom is -0.391 e. The molecule has 3 atom stereocenters. The van der Waals surface area contributed by atoms with Crippen molar-refractivity contribution in [3.63, 3.8) is 0 Å². The van der Waals surface area contributed by atoms with Gasteiger partial charge in [-0.3, -0.25) is 14.5 Å². The van der Waals surface area contributed by atoms with Gasteiger partial charge in [-0.05, 0) is 43.4 Å². The Labute approximate surface area is 143 Å². The fourth-order valence-corrected chi connectivity index (χ4v) is 3.94. The SMILES string of the molecule is CC(C(=O)NC1CCCCC1O)n1c(-c2cccs2)n[nH]c1=S.